The Morgan fingerprint density at radius 1 is 1.30 bits per heavy atom. The van der Waals surface area contributed by atoms with Crippen LogP contribution in [0.3, 0.4) is 0 Å². The van der Waals surface area contributed by atoms with Crippen molar-refractivity contribution in [1.29, 1.82) is 0 Å². The molecule has 5 nitrogen and oxygen atoms in total. The number of likely N-dealkylation sites (tertiary alicyclic amines) is 1. The number of fused-ring (bicyclic) bond motifs is 1. The maximum atomic E-state index is 12.8. The van der Waals surface area contributed by atoms with Gasteiger partial charge in [0.2, 0.25) is 0 Å². The van der Waals surface area contributed by atoms with Crippen LogP contribution in [0.1, 0.15) is 38.7 Å². The number of carbonyl (C=O) groups excluding carboxylic acids is 1. The fraction of sp³-hybridized carbons (Fsp3) is 0.375. The molecule has 1 atom stereocenters. The van der Waals surface area contributed by atoms with Gasteiger partial charge in [0, 0.05) is 35.8 Å². The van der Waals surface area contributed by atoms with E-state index in [0.29, 0.717) is 5.92 Å². The Morgan fingerprint density at radius 3 is 2.93 bits per heavy atom. The number of methoxy groups -OCH3 is 1. The quantitative estimate of drug-likeness (QED) is 0.603. The van der Waals surface area contributed by atoms with Crippen molar-refractivity contribution in [1.82, 2.24) is 10.2 Å². The van der Waals surface area contributed by atoms with Crippen molar-refractivity contribution in [3.63, 3.8) is 0 Å². The Morgan fingerprint density at radius 2 is 2.13 bits per heavy atom. The molecule has 30 heavy (non-hydrogen) atoms. The van der Waals surface area contributed by atoms with Crippen LogP contribution in [0.25, 0.3) is 10.1 Å². The summed E-state index contributed by atoms with van der Waals surface area (Å²) in [5.41, 5.74) is 3.54. The minimum atomic E-state index is -0.0843. The molecule has 1 unspecified atom stereocenters. The van der Waals surface area contributed by atoms with Gasteiger partial charge in [0.1, 0.15) is 5.75 Å². The third kappa shape index (κ3) is 4.21. The second kappa shape index (κ2) is 9.16. The lowest BCUT2D eigenvalue weighted by Gasteiger charge is -2.19. The van der Waals surface area contributed by atoms with Gasteiger partial charge in [-0.05, 0) is 48.5 Å². The summed E-state index contributed by atoms with van der Waals surface area (Å²) in [6.07, 6.45) is 1.02. The highest BCUT2D eigenvalue weighted by molar-refractivity contribution is 7.21. The summed E-state index contributed by atoms with van der Waals surface area (Å²) in [6.45, 7) is 5.04. The zero-order valence-corrected chi connectivity index (χ0v) is 18.3. The topological polar surface area (TPSA) is 61.8 Å². The van der Waals surface area contributed by atoms with Gasteiger partial charge < -0.3 is 15.2 Å². The minimum Gasteiger partial charge on any atom is -0.496 e. The van der Waals surface area contributed by atoms with E-state index in [1.54, 1.807) is 18.4 Å². The zero-order chi connectivity index (χ0) is 21.1. The van der Waals surface area contributed by atoms with Crippen LogP contribution < -0.4 is 10.1 Å². The van der Waals surface area contributed by atoms with Crippen LogP contribution in [0.5, 0.6) is 5.75 Å². The van der Waals surface area contributed by atoms with Gasteiger partial charge in [-0.3, -0.25) is 9.69 Å². The number of hydrogen-bond donors (Lipinski definition) is 2. The fourth-order valence-corrected chi connectivity index (χ4v) is 5.53. The first-order chi connectivity index (χ1) is 14.6. The lowest BCUT2D eigenvalue weighted by atomic mass is 9.95. The monoisotopic (exact) mass is 424 g/mol. The van der Waals surface area contributed by atoms with E-state index in [-0.39, 0.29) is 19.1 Å². The summed E-state index contributed by atoms with van der Waals surface area (Å²) in [5, 5.41) is 13.1. The molecule has 0 bridgehead atoms. The zero-order valence-electron chi connectivity index (χ0n) is 17.5. The van der Waals surface area contributed by atoms with E-state index in [9.17, 15) is 4.79 Å². The first-order valence-corrected chi connectivity index (χ1v) is 11.2. The number of ether oxygens (including phenoxy) is 1. The largest absolute Gasteiger partial charge is 0.496 e. The van der Waals surface area contributed by atoms with E-state index >= 15 is 0 Å². The van der Waals surface area contributed by atoms with Crippen LogP contribution in [0.2, 0.25) is 0 Å². The molecule has 0 radical (unpaired) electrons. The Bertz CT molecular complexity index is 1050. The molecule has 158 valence electrons. The number of rotatable bonds is 7. The van der Waals surface area contributed by atoms with Gasteiger partial charge in [0.05, 0.1) is 18.6 Å². The molecule has 6 heteroatoms. The van der Waals surface area contributed by atoms with E-state index in [1.807, 2.05) is 12.1 Å². The summed E-state index contributed by atoms with van der Waals surface area (Å²) >= 11 is 1.55. The fourth-order valence-electron chi connectivity index (χ4n) is 4.32. The second-order valence-electron chi connectivity index (χ2n) is 7.86. The molecule has 1 fully saturated rings. The van der Waals surface area contributed by atoms with Gasteiger partial charge >= 0.3 is 0 Å². The molecule has 0 saturated carbocycles. The van der Waals surface area contributed by atoms with Crippen LogP contribution in [-0.4, -0.2) is 49.3 Å². The Balaban J connectivity index is 1.58. The lowest BCUT2D eigenvalue weighted by molar-refractivity contribution is 0.0947. The lowest BCUT2D eigenvalue weighted by Crippen LogP contribution is -2.27. The van der Waals surface area contributed by atoms with Gasteiger partial charge in [-0.15, -0.1) is 11.3 Å². The standard InChI is InChI=1S/C24H28N2O3S/c1-16-7-8-17(20(13-16)29-2)14-26-11-9-18(15-26)22-19-5-3-4-6-21(19)30-23(22)24(28)25-10-12-27/h3-8,13,18,27H,9-12,14-15H2,1-2H3,(H,25,28). The van der Waals surface area contributed by atoms with E-state index in [4.69, 9.17) is 9.84 Å². The van der Waals surface area contributed by atoms with Crippen molar-refractivity contribution in [3.8, 4) is 5.75 Å². The number of nitrogens with one attached hydrogen (secondary N) is 1. The van der Waals surface area contributed by atoms with Crippen molar-refractivity contribution in [2.45, 2.75) is 25.8 Å². The summed E-state index contributed by atoms with van der Waals surface area (Å²) < 4.78 is 6.72. The number of aryl methyl sites for hydroxylation is 1. The van der Waals surface area contributed by atoms with Crippen molar-refractivity contribution in [3.05, 3.63) is 64.0 Å². The summed E-state index contributed by atoms with van der Waals surface area (Å²) in [4.78, 5) is 16.0. The molecular formula is C24H28N2O3S. The highest BCUT2D eigenvalue weighted by Gasteiger charge is 2.30. The van der Waals surface area contributed by atoms with Crippen LogP contribution in [0.15, 0.2) is 42.5 Å². The molecule has 1 aliphatic rings. The van der Waals surface area contributed by atoms with E-state index in [2.05, 4.69) is 47.5 Å². The third-order valence-electron chi connectivity index (χ3n) is 5.75. The maximum Gasteiger partial charge on any atom is 0.261 e. The summed E-state index contributed by atoms with van der Waals surface area (Å²) in [5.74, 6) is 1.16. The smallest absolute Gasteiger partial charge is 0.261 e. The predicted octanol–water partition coefficient (Wildman–Crippen LogP) is 3.93. The number of thiophene rings is 1. The third-order valence-corrected chi connectivity index (χ3v) is 6.94. The summed E-state index contributed by atoms with van der Waals surface area (Å²) in [7, 11) is 1.72. The molecule has 0 spiro atoms. The SMILES string of the molecule is COc1cc(C)ccc1CN1CCC(c2c(C(=O)NCCO)sc3ccccc23)C1. The number of carbonyl (C=O) groups is 1. The van der Waals surface area contributed by atoms with Gasteiger partial charge in [0.15, 0.2) is 0 Å². The Hall–Kier alpha value is -2.41. The molecule has 2 N–H and O–H groups in total. The minimum absolute atomic E-state index is 0.0540. The average Bonchev–Trinajstić information content (AvgIpc) is 3.37. The molecule has 1 amide bonds. The Labute approximate surface area is 181 Å². The molecule has 1 aromatic heterocycles. The molecular weight excluding hydrogens is 396 g/mol. The number of benzene rings is 2. The normalized spacial score (nSPS) is 16.8. The maximum absolute atomic E-state index is 12.8. The predicted molar refractivity (Wildman–Crippen MR) is 122 cm³/mol. The number of amides is 1. The van der Waals surface area contributed by atoms with E-state index in [0.717, 1.165) is 46.9 Å². The van der Waals surface area contributed by atoms with Crippen molar-refractivity contribution in [2.24, 2.45) is 0 Å². The van der Waals surface area contributed by atoms with Gasteiger partial charge in [-0.25, -0.2) is 0 Å². The molecule has 1 saturated heterocycles. The van der Waals surface area contributed by atoms with Crippen molar-refractivity contribution in [2.75, 3.05) is 33.4 Å². The number of nitrogens with zero attached hydrogens (tertiary/aromatic N) is 1. The number of hydrogen-bond acceptors (Lipinski definition) is 5. The van der Waals surface area contributed by atoms with Crippen molar-refractivity contribution >= 4 is 27.3 Å². The van der Waals surface area contributed by atoms with Crippen molar-refractivity contribution < 1.29 is 14.6 Å². The Kier molecular flexibility index (Phi) is 6.37. The number of aliphatic hydroxyl groups excluding tert-OH is 1. The van der Waals surface area contributed by atoms with Gasteiger partial charge in [0.25, 0.3) is 5.91 Å². The van der Waals surface area contributed by atoms with Crippen LogP contribution in [0.4, 0.5) is 0 Å². The van der Waals surface area contributed by atoms with Gasteiger partial charge in [-0.2, -0.15) is 0 Å². The van der Waals surface area contributed by atoms with E-state index < -0.39 is 0 Å². The van der Waals surface area contributed by atoms with E-state index in [1.165, 1.54) is 16.5 Å². The van der Waals surface area contributed by atoms with Crippen LogP contribution in [0, 0.1) is 6.92 Å². The average molecular weight is 425 g/mol. The molecule has 2 heterocycles. The van der Waals surface area contributed by atoms with Gasteiger partial charge in [-0.1, -0.05) is 30.3 Å². The molecule has 4 rings (SSSR count). The molecule has 1 aliphatic heterocycles. The highest BCUT2D eigenvalue weighted by Crippen LogP contribution is 2.40. The molecule has 0 aliphatic carbocycles. The van der Waals surface area contributed by atoms with Crippen LogP contribution in [-0.2, 0) is 6.54 Å². The van der Waals surface area contributed by atoms with Crippen LogP contribution >= 0.6 is 11.3 Å². The second-order valence-corrected chi connectivity index (χ2v) is 8.91. The first kappa shape index (κ1) is 20.8. The number of aliphatic hydroxyl groups is 1. The molecule has 2 aromatic carbocycles. The summed E-state index contributed by atoms with van der Waals surface area (Å²) in [6, 6.07) is 14.6. The first-order valence-electron chi connectivity index (χ1n) is 10.4. The molecule has 3 aromatic rings. The highest BCUT2D eigenvalue weighted by atomic mass is 32.1.